The van der Waals surface area contributed by atoms with Crippen LogP contribution in [0.2, 0.25) is 0 Å². The zero-order chi connectivity index (χ0) is 40.1. The molecule has 0 aromatic heterocycles. The van der Waals surface area contributed by atoms with Crippen LogP contribution in [-0.2, 0) is 6.54 Å². The molecule has 1 aromatic carbocycles. The van der Waals surface area contributed by atoms with E-state index in [0.29, 0.717) is 0 Å². The van der Waals surface area contributed by atoms with E-state index in [-0.39, 0.29) is 0 Å². The van der Waals surface area contributed by atoms with Crippen molar-refractivity contribution in [2.24, 2.45) is 0 Å². The van der Waals surface area contributed by atoms with Crippen LogP contribution in [0.5, 0.6) is 0 Å². The summed E-state index contributed by atoms with van der Waals surface area (Å²) in [4.78, 5) is 0. The molecule has 0 saturated heterocycles. The van der Waals surface area contributed by atoms with Gasteiger partial charge in [0.1, 0.15) is 6.54 Å². The molecule has 0 atom stereocenters. The average Bonchev–Trinajstić information content (AvgIpc) is 3.21. The number of rotatable bonds is 44. The first-order valence-electron chi connectivity index (χ1n) is 25.6. The van der Waals surface area contributed by atoms with Crippen molar-refractivity contribution in [1.82, 2.24) is 0 Å². The van der Waals surface area contributed by atoms with Crippen molar-refractivity contribution in [3.05, 3.63) is 72.4 Å². The Morgan fingerprint density at radius 3 is 0.821 bits per heavy atom. The molecule has 1 heteroatoms. The molecule has 0 heterocycles. The van der Waals surface area contributed by atoms with Gasteiger partial charge in [0.25, 0.3) is 0 Å². The monoisotopic (exact) mass is 775 g/mol. The van der Waals surface area contributed by atoms with Gasteiger partial charge in [-0.3, -0.25) is 0 Å². The Kier molecular flexibility index (Phi) is 40.2. The Bertz CT molecular complexity index is 879. The second-order valence-corrected chi connectivity index (χ2v) is 17.9. The van der Waals surface area contributed by atoms with Crippen molar-refractivity contribution in [3.63, 3.8) is 0 Å². The number of hydrogen-bond acceptors (Lipinski definition) is 0. The summed E-state index contributed by atoms with van der Waals surface area (Å²) in [6.07, 6.45) is 65.8. The fraction of sp³-hybridized carbons (Fsp3) is 0.782. The third-order valence-electron chi connectivity index (χ3n) is 12.3. The first-order chi connectivity index (χ1) is 27.8. The molecular formula is C55H100N+. The zero-order valence-electron chi connectivity index (χ0n) is 38.6. The van der Waals surface area contributed by atoms with E-state index in [2.05, 4.69) is 87.6 Å². The first kappa shape index (κ1) is 52.4. The molecule has 0 N–H and O–H groups in total. The van der Waals surface area contributed by atoms with Crippen LogP contribution in [-0.4, -0.2) is 24.1 Å². The number of nitrogens with zero attached hydrogens (tertiary/aromatic N) is 1. The quantitative estimate of drug-likeness (QED) is 0.0352. The first-order valence-corrected chi connectivity index (χ1v) is 25.6. The predicted octanol–water partition coefficient (Wildman–Crippen LogP) is 18.8. The van der Waals surface area contributed by atoms with Gasteiger partial charge in [-0.2, -0.15) is 0 Å². The van der Waals surface area contributed by atoms with Gasteiger partial charge in [0.15, 0.2) is 0 Å². The Labute approximate surface area is 353 Å². The summed E-state index contributed by atoms with van der Waals surface area (Å²) in [6.45, 7) is 11.4. The smallest absolute Gasteiger partial charge is 0.105 e. The van der Waals surface area contributed by atoms with Crippen molar-refractivity contribution in [2.75, 3.05) is 19.6 Å². The summed E-state index contributed by atoms with van der Waals surface area (Å²) in [5.74, 6) is 0. The van der Waals surface area contributed by atoms with Crippen molar-refractivity contribution in [2.45, 2.75) is 258 Å². The summed E-state index contributed by atoms with van der Waals surface area (Å²) in [7, 11) is 0. The fourth-order valence-corrected chi connectivity index (χ4v) is 8.42. The molecular weight excluding hydrogens is 675 g/mol. The third-order valence-corrected chi connectivity index (χ3v) is 12.3. The van der Waals surface area contributed by atoms with Gasteiger partial charge >= 0.3 is 0 Å². The van der Waals surface area contributed by atoms with Gasteiger partial charge in [-0.1, -0.05) is 262 Å². The molecule has 0 aliphatic rings. The third kappa shape index (κ3) is 35.6. The predicted molar refractivity (Wildman–Crippen MR) is 256 cm³/mol. The molecule has 0 fully saturated rings. The number of hydrogen-bond donors (Lipinski definition) is 0. The Morgan fingerprint density at radius 1 is 0.304 bits per heavy atom. The van der Waals surface area contributed by atoms with E-state index in [1.807, 2.05) is 0 Å². The van der Waals surface area contributed by atoms with Crippen LogP contribution >= 0.6 is 0 Å². The van der Waals surface area contributed by atoms with Gasteiger partial charge in [0.05, 0.1) is 19.6 Å². The standard InChI is InChI=1S/C55H100N/c1-4-7-10-13-16-19-22-25-28-31-34-37-40-46-51-56(54-55-49-44-43-45-50-55,52-47-41-38-35-32-29-26-23-20-17-14-11-8-5-2)53-48-42-39-36-33-30-27-24-21-18-15-12-9-6-3/h40-50H,4-39,51-54H2,1-3H3/q+1/b46-40-,47-41-,48-42+. The maximum Gasteiger partial charge on any atom is 0.105 e. The minimum Gasteiger partial charge on any atom is -0.310 e. The second-order valence-electron chi connectivity index (χ2n) is 17.9. The van der Waals surface area contributed by atoms with Gasteiger partial charge in [0, 0.05) is 5.56 Å². The fourth-order valence-electron chi connectivity index (χ4n) is 8.42. The summed E-state index contributed by atoms with van der Waals surface area (Å²) >= 11 is 0. The molecule has 1 rings (SSSR count). The number of allylic oxidation sites excluding steroid dienone is 3. The Hall–Kier alpha value is -1.60. The number of benzene rings is 1. The van der Waals surface area contributed by atoms with Crippen LogP contribution in [0.1, 0.15) is 257 Å². The molecule has 0 aliphatic heterocycles. The van der Waals surface area contributed by atoms with Crippen LogP contribution < -0.4 is 0 Å². The maximum absolute atomic E-state index is 2.55. The van der Waals surface area contributed by atoms with Crippen LogP contribution in [0, 0.1) is 0 Å². The molecule has 0 amide bonds. The highest BCUT2D eigenvalue weighted by Crippen LogP contribution is 2.19. The average molecular weight is 775 g/mol. The molecule has 0 aliphatic carbocycles. The van der Waals surface area contributed by atoms with Gasteiger partial charge in [-0.15, -0.1) is 0 Å². The molecule has 0 radical (unpaired) electrons. The molecule has 56 heavy (non-hydrogen) atoms. The number of quaternary nitrogens is 1. The van der Waals surface area contributed by atoms with Crippen molar-refractivity contribution in [1.29, 1.82) is 0 Å². The minimum atomic E-state index is 1.10. The Morgan fingerprint density at radius 2 is 0.554 bits per heavy atom. The van der Waals surface area contributed by atoms with Gasteiger partial charge in [-0.25, -0.2) is 0 Å². The molecule has 0 spiro atoms. The van der Waals surface area contributed by atoms with Gasteiger partial charge < -0.3 is 4.48 Å². The van der Waals surface area contributed by atoms with Crippen LogP contribution in [0.25, 0.3) is 0 Å². The van der Waals surface area contributed by atoms with Crippen LogP contribution in [0.15, 0.2) is 66.8 Å². The normalized spacial score (nSPS) is 12.3. The molecule has 0 bridgehead atoms. The van der Waals surface area contributed by atoms with E-state index in [0.717, 1.165) is 30.7 Å². The van der Waals surface area contributed by atoms with E-state index in [4.69, 9.17) is 0 Å². The van der Waals surface area contributed by atoms with E-state index in [1.165, 1.54) is 237 Å². The van der Waals surface area contributed by atoms with Crippen molar-refractivity contribution >= 4 is 0 Å². The van der Waals surface area contributed by atoms with Crippen molar-refractivity contribution in [3.8, 4) is 0 Å². The number of unbranched alkanes of at least 4 members (excludes halogenated alkanes) is 33. The van der Waals surface area contributed by atoms with Gasteiger partial charge in [0.2, 0.25) is 0 Å². The highest BCUT2D eigenvalue weighted by atomic mass is 15.3. The van der Waals surface area contributed by atoms with E-state index in [1.54, 1.807) is 0 Å². The lowest BCUT2D eigenvalue weighted by atomic mass is 10.0. The van der Waals surface area contributed by atoms with E-state index in [9.17, 15) is 0 Å². The lowest BCUT2D eigenvalue weighted by Crippen LogP contribution is -2.47. The molecule has 1 nitrogen and oxygen atoms in total. The second kappa shape index (κ2) is 43.0. The van der Waals surface area contributed by atoms with E-state index >= 15 is 0 Å². The lowest BCUT2D eigenvalue weighted by molar-refractivity contribution is -0.925. The Balaban J connectivity index is 2.61. The zero-order valence-corrected chi connectivity index (χ0v) is 38.6. The maximum atomic E-state index is 2.55. The molecule has 0 unspecified atom stereocenters. The van der Waals surface area contributed by atoms with Gasteiger partial charge in [-0.05, 0) is 56.8 Å². The molecule has 1 aromatic rings. The van der Waals surface area contributed by atoms with Crippen LogP contribution in [0.3, 0.4) is 0 Å². The van der Waals surface area contributed by atoms with Crippen LogP contribution in [0.4, 0.5) is 0 Å². The largest absolute Gasteiger partial charge is 0.310 e. The topological polar surface area (TPSA) is 0 Å². The SMILES string of the molecule is CCCCCCCCCCCCC/C=C\C[N+](C/C=C\CCCCCCCCCCCCC)(C/C=C/CCCCCCCCCCCCC)Cc1ccccc1. The minimum absolute atomic E-state index is 1.10. The van der Waals surface area contributed by atoms with Crippen molar-refractivity contribution < 1.29 is 4.48 Å². The summed E-state index contributed by atoms with van der Waals surface area (Å²) in [5.41, 5.74) is 1.48. The lowest BCUT2D eigenvalue weighted by Gasteiger charge is -2.36. The highest BCUT2D eigenvalue weighted by Gasteiger charge is 2.24. The summed E-state index contributed by atoms with van der Waals surface area (Å²) < 4.78 is 1.10. The molecule has 324 valence electrons. The summed E-state index contributed by atoms with van der Waals surface area (Å²) in [6, 6.07) is 11.3. The summed E-state index contributed by atoms with van der Waals surface area (Å²) in [5, 5.41) is 0. The molecule has 0 saturated carbocycles. The highest BCUT2D eigenvalue weighted by molar-refractivity contribution is 5.13. The van der Waals surface area contributed by atoms with E-state index < -0.39 is 0 Å².